The van der Waals surface area contributed by atoms with Crippen LogP contribution < -0.4 is 0 Å². The Balaban J connectivity index is 2.16. The normalized spacial score (nSPS) is 12.1. The second kappa shape index (κ2) is 7.65. The second-order valence-electron chi connectivity index (χ2n) is 6.79. The predicted octanol–water partition coefficient (Wildman–Crippen LogP) is 4.69. The minimum atomic E-state index is -4.48. The van der Waals surface area contributed by atoms with Gasteiger partial charge in [0.15, 0.2) is 11.4 Å². The average molecular weight is 394 g/mol. The number of carbonyl (C=O) groups excluding carboxylic acids is 1. The van der Waals surface area contributed by atoms with Crippen LogP contribution in [0.15, 0.2) is 35.1 Å². The number of carbonyl (C=O) groups is 1. The zero-order chi connectivity index (χ0) is 20.5. The summed E-state index contributed by atoms with van der Waals surface area (Å²) in [5.74, 6) is -0.284. The Labute approximate surface area is 159 Å². The molecule has 3 aromatic heterocycles. The van der Waals surface area contributed by atoms with Gasteiger partial charge in [0.25, 0.3) is 5.91 Å². The molecule has 0 saturated heterocycles. The molecule has 6 nitrogen and oxygen atoms in total. The number of hydrogen-bond acceptors (Lipinski definition) is 4. The molecule has 3 rings (SSSR count). The van der Waals surface area contributed by atoms with Crippen LogP contribution in [-0.2, 0) is 0 Å². The number of hydrogen-bond donors (Lipinski definition) is 0. The van der Waals surface area contributed by atoms with Gasteiger partial charge in [-0.05, 0) is 38.5 Å². The summed E-state index contributed by atoms with van der Waals surface area (Å²) >= 11 is 0. The third-order valence-corrected chi connectivity index (χ3v) is 4.21. The first-order chi connectivity index (χ1) is 13.2. The molecule has 0 fully saturated rings. The molecule has 9 heteroatoms. The first-order valence-electron chi connectivity index (χ1n) is 8.99. The topological polar surface area (TPSA) is 64.2 Å². The highest BCUT2D eigenvalue weighted by atomic mass is 19.4. The number of fused-ring (bicyclic) bond motifs is 1. The highest BCUT2D eigenvalue weighted by Crippen LogP contribution is 2.28. The monoisotopic (exact) mass is 394 g/mol. The van der Waals surface area contributed by atoms with Gasteiger partial charge in [-0.25, -0.2) is 9.67 Å². The number of halogens is 3. The summed E-state index contributed by atoms with van der Waals surface area (Å²) in [4.78, 5) is 18.4. The molecule has 28 heavy (non-hydrogen) atoms. The van der Waals surface area contributed by atoms with Gasteiger partial charge < -0.3 is 9.32 Å². The van der Waals surface area contributed by atoms with Crippen molar-refractivity contribution in [1.82, 2.24) is 19.7 Å². The van der Waals surface area contributed by atoms with Crippen molar-refractivity contribution < 1.29 is 22.4 Å². The van der Waals surface area contributed by atoms with E-state index in [0.717, 1.165) is 4.90 Å². The zero-order valence-corrected chi connectivity index (χ0v) is 15.8. The van der Waals surface area contributed by atoms with E-state index in [2.05, 4.69) is 10.1 Å². The summed E-state index contributed by atoms with van der Waals surface area (Å²) in [6.07, 6.45) is -1.13. The lowest BCUT2D eigenvalue weighted by molar-refractivity contribution is -0.140. The summed E-state index contributed by atoms with van der Waals surface area (Å²) in [6.45, 7) is 4.22. The number of pyridine rings is 1. The number of furan rings is 1. The van der Waals surface area contributed by atoms with E-state index in [1.165, 1.54) is 18.5 Å². The average Bonchev–Trinajstić information content (AvgIpc) is 3.28. The molecule has 0 unspecified atom stereocenters. The molecule has 150 valence electrons. The van der Waals surface area contributed by atoms with Crippen LogP contribution in [0.2, 0.25) is 0 Å². The van der Waals surface area contributed by atoms with E-state index in [-0.39, 0.29) is 18.2 Å². The maximum absolute atomic E-state index is 13.1. The van der Waals surface area contributed by atoms with Crippen molar-refractivity contribution >= 4 is 16.9 Å². The molecular weight excluding hydrogens is 373 g/mol. The molecule has 0 radical (unpaired) electrons. The first-order valence-corrected chi connectivity index (χ1v) is 8.99. The number of nitrogens with zero attached hydrogens (tertiary/aromatic N) is 4. The van der Waals surface area contributed by atoms with E-state index < -0.39 is 18.6 Å². The molecule has 0 aromatic carbocycles. The van der Waals surface area contributed by atoms with Gasteiger partial charge in [0.1, 0.15) is 12.2 Å². The molecule has 0 aliphatic carbocycles. The van der Waals surface area contributed by atoms with Gasteiger partial charge in [-0.3, -0.25) is 4.79 Å². The summed E-state index contributed by atoms with van der Waals surface area (Å²) in [7, 11) is 0. The van der Waals surface area contributed by atoms with E-state index in [0.29, 0.717) is 28.9 Å². The summed E-state index contributed by atoms with van der Waals surface area (Å²) in [5, 5.41) is 4.68. The van der Waals surface area contributed by atoms with Gasteiger partial charge in [-0.1, -0.05) is 6.92 Å². The number of amides is 1. The summed E-state index contributed by atoms with van der Waals surface area (Å²) in [5.41, 5.74) is 0.920. The van der Waals surface area contributed by atoms with Crippen molar-refractivity contribution in [3.8, 4) is 11.5 Å². The fraction of sp³-hybridized carbons (Fsp3) is 0.421. The van der Waals surface area contributed by atoms with Crippen LogP contribution in [0.3, 0.4) is 0 Å². The second-order valence-corrected chi connectivity index (χ2v) is 6.79. The summed E-state index contributed by atoms with van der Waals surface area (Å²) in [6, 6.07) is 4.78. The van der Waals surface area contributed by atoms with Crippen LogP contribution >= 0.6 is 0 Å². The Hall–Kier alpha value is -2.84. The molecule has 3 aromatic rings. The van der Waals surface area contributed by atoms with Crippen molar-refractivity contribution in [1.29, 1.82) is 0 Å². The van der Waals surface area contributed by atoms with Gasteiger partial charge in [-0.2, -0.15) is 18.3 Å². The molecule has 0 atom stereocenters. The molecule has 0 spiro atoms. The van der Waals surface area contributed by atoms with Crippen LogP contribution in [0.4, 0.5) is 13.2 Å². The third kappa shape index (κ3) is 4.02. The fourth-order valence-corrected chi connectivity index (χ4v) is 3.03. The minimum Gasteiger partial charge on any atom is -0.463 e. The number of aromatic nitrogens is 3. The van der Waals surface area contributed by atoms with Crippen LogP contribution in [0.5, 0.6) is 0 Å². The molecule has 0 aliphatic rings. The van der Waals surface area contributed by atoms with Gasteiger partial charge >= 0.3 is 6.18 Å². The van der Waals surface area contributed by atoms with Crippen molar-refractivity contribution in [2.45, 2.75) is 39.4 Å². The van der Waals surface area contributed by atoms with Crippen LogP contribution in [0.25, 0.3) is 22.5 Å². The van der Waals surface area contributed by atoms with Crippen LogP contribution in [-0.4, -0.2) is 44.8 Å². The zero-order valence-electron chi connectivity index (χ0n) is 15.8. The van der Waals surface area contributed by atoms with Gasteiger partial charge in [0.05, 0.1) is 23.4 Å². The van der Waals surface area contributed by atoms with Crippen molar-refractivity contribution in [3.05, 3.63) is 36.2 Å². The Morgan fingerprint density at radius 1 is 1.36 bits per heavy atom. The van der Waals surface area contributed by atoms with Crippen molar-refractivity contribution in [2.24, 2.45) is 0 Å². The number of alkyl halides is 3. The van der Waals surface area contributed by atoms with E-state index in [1.807, 2.05) is 13.8 Å². The Bertz CT molecular complexity index is 962. The quantitative estimate of drug-likeness (QED) is 0.609. The Morgan fingerprint density at radius 2 is 2.11 bits per heavy atom. The summed E-state index contributed by atoms with van der Waals surface area (Å²) < 4.78 is 46.0. The van der Waals surface area contributed by atoms with Crippen LogP contribution in [0, 0.1) is 0 Å². The lowest BCUT2D eigenvalue weighted by atomic mass is 10.1. The first kappa shape index (κ1) is 19.9. The smallest absolute Gasteiger partial charge is 0.406 e. The van der Waals surface area contributed by atoms with E-state index in [1.54, 1.807) is 23.7 Å². The Kier molecular flexibility index (Phi) is 5.44. The van der Waals surface area contributed by atoms with Gasteiger partial charge in [-0.15, -0.1) is 0 Å². The standard InChI is InChI=1S/C19H21F3N4O2/c1-4-7-25(11-19(20,21)22)18(27)13-9-15(16-6-5-8-28-16)24-17-14(13)10-23-26(17)12(2)3/h5-6,8-10,12H,4,7,11H2,1-3H3. The van der Waals surface area contributed by atoms with Crippen LogP contribution in [0.1, 0.15) is 43.6 Å². The third-order valence-electron chi connectivity index (χ3n) is 4.21. The lowest BCUT2D eigenvalue weighted by Gasteiger charge is -2.24. The minimum absolute atomic E-state index is 0.00341. The van der Waals surface area contributed by atoms with E-state index in [9.17, 15) is 18.0 Å². The number of rotatable bonds is 6. The Morgan fingerprint density at radius 3 is 2.68 bits per heavy atom. The van der Waals surface area contributed by atoms with Crippen molar-refractivity contribution in [2.75, 3.05) is 13.1 Å². The molecule has 0 N–H and O–H groups in total. The molecule has 0 saturated carbocycles. The fourth-order valence-electron chi connectivity index (χ4n) is 3.03. The van der Waals surface area contributed by atoms with Crippen molar-refractivity contribution in [3.63, 3.8) is 0 Å². The molecule has 1 amide bonds. The molecule has 0 aliphatic heterocycles. The highest BCUT2D eigenvalue weighted by Gasteiger charge is 2.34. The predicted molar refractivity (Wildman–Crippen MR) is 97.9 cm³/mol. The molecule has 0 bridgehead atoms. The molecular formula is C19H21F3N4O2. The largest absolute Gasteiger partial charge is 0.463 e. The lowest BCUT2D eigenvalue weighted by Crippen LogP contribution is -2.39. The van der Waals surface area contributed by atoms with E-state index >= 15 is 0 Å². The highest BCUT2D eigenvalue weighted by molar-refractivity contribution is 6.06. The maximum atomic E-state index is 13.1. The van der Waals surface area contributed by atoms with E-state index in [4.69, 9.17) is 4.42 Å². The maximum Gasteiger partial charge on any atom is 0.406 e. The van der Waals surface area contributed by atoms with Gasteiger partial charge in [0, 0.05) is 12.6 Å². The van der Waals surface area contributed by atoms with Gasteiger partial charge in [0.2, 0.25) is 0 Å². The molecule has 3 heterocycles. The SMILES string of the molecule is CCCN(CC(F)(F)F)C(=O)c1cc(-c2ccco2)nc2c1cnn2C(C)C.